The van der Waals surface area contributed by atoms with Crippen molar-refractivity contribution in [2.45, 2.75) is 16.8 Å². The van der Waals surface area contributed by atoms with Crippen LogP contribution in [0.25, 0.3) is 5.69 Å². The van der Waals surface area contributed by atoms with E-state index in [1.807, 2.05) is 70.1 Å². The molecular weight excluding hydrogens is 463 g/mol. The van der Waals surface area contributed by atoms with E-state index in [0.29, 0.717) is 37.9 Å². The Kier molecular flexibility index (Phi) is 7.20. The molecule has 8 heteroatoms. The van der Waals surface area contributed by atoms with Gasteiger partial charge < -0.3 is 9.64 Å². The molecule has 6 nitrogen and oxygen atoms in total. The molecule has 0 spiro atoms. The standard InChI is InChI=1S/C27H25FN4O2S/c28-22-11-13-23(14-12-22)32-24(19-20-7-3-1-4-8-20)29-30-27(32)35-25(21-9-5-2-6-10-21)26(33)31-15-17-34-18-16-31/h1-14,25H,15-19H2/t25-/m0/s1. The highest BCUT2D eigenvalue weighted by molar-refractivity contribution is 8.00. The third kappa shape index (κ3) is 5.44. The van der Waals surface area contributed by atoms with Crippen molar-refractivity contribution in [3.05, 3.63) is 108 Å². The summed E-state index contributed by atoms with van der Waals surface area (Å²) < 4.78 is 21.1. The van der Waals surface area contributed by atoms with Gasteiger partial charge >= 0.3 is 0 Å². The van der Waals surface area contributed by atoms with Gasteiger partial charge in [-0.3, -0.25) is 9.36 Å². The number of benzene rings is 3. The quantitative estimate of drug-likeness (QED) is 0.353. The summed E-state index contributed by atoms with van der Waals surface area (Å²) in [6, 6.07) is 26.0. The largest absolute Gasteiger partial charge is 0.378 e. The van der Waals surface area contributed by atoms with Crippen molar-refractivity contribution in [3.8, 4) is 5.69 Å². The van der Waals surface area contributed by atoms with Gasteiger partial charge in [0.05, 0.1) is 13.2 Å². The Balaban J connectivity index is 1.53. The summed E-state index contributed by atoms with van der Waals surface area (Å²) in [6.07, 6.45) is 0.555. The van der Waals surface area contributed by atoms with Crippen LogP contribution in [-0.2, 0) is 16.0 Å². The lowest BCUT2D eigenvalue weighted by Gasteiger charge is -2.30. The first kappa shape index (κ1) is 23.3. The number of halogens is 1. The number of carbonyl (C=O) groups excluding carboxylic acids is 1. The molecule has 0 unspecified atom stereocenters. The average molecular weight is 489 g/mol. The average Bonchev–Trinajstić information content (AvgIpc) is 3.30. The van der Waals surface area contributed by atoms with E-state index in [4.69, 9.17) is 4.74 Å². The van der Waals surface area contributed by atoms with E-state index in [9.17, 15) is 9.18 Å². The highest BCUT2D eigenvalue weighted by Crippen LogP contribution is 2.37. The molecule has 0 aliphatic carbocycles. The number of rotatable bonds is 7. The Hall–Kier alpha value is -3.49. The molecule has 1 amide bonds. The topological polar surface area (TPSA) is 60.2 Å². The Morgan fingerprint density at radius 1 is 0.914 bits per heavy atom. The van der Waals surface area contributed by atoms with Crippen LogP contribution in [0.3, 0.4) is 0 Å². The molecule has 35 heavy (non-hydrogen) atoms. The van der Waals surface area contributed by atoms with Crippen LogP contribution < -0.4 is 0 Å². The van der Waals surface area contributed by atoms with Gasteiger partial charge in [-0.25, -0.2) is 4.39 Å². The van der Waals surface area contributed by atoms with Gasteiger partial charge in [-0.05, 0) is 35.4 Å². The third-order valence-corrected chi connectivity index (χ3v) is 7.05. The number of hydrogen-bond acceptors (Lipinski definition) is 5. The van der Waals surface area contributed by atoms with Crippen molar-refractivity contribution in [2.75, 3.05) is 26.3 Å². The first-order valence-electron chi connectivity index (χ1n) is 11.5. The fourth-order valence-corrected chi connectivity index (χ4v) is 5.22. The molecule has 0 saturated carbocycles. The molecule has 2 heterocycles. The van der Waals surface area contributed by atoms with Crippen molar-refractivity contribution in [1.29, 1.82) is 0 Å². The minimum Gasteiger partial charge on any atom is -0.378 e. The maximum Gasteiger partial charge on any atom is 0.240 e. The lowest BCUT2D eigenvalue weighted by atomic mass is 10.1. The van der Waals surface area contributed by atoms with Crippen molar-refractivity contribution in [1.82, 2.24) is 19.7 Å². The van der Waals surface area contributed by atoms with E-state index < -0.39 is 5.25 Å². The molecule has 1 aliphatic rings. The van der Waals surface area contributed by atoms with Crippen molar-refractivity contribution in [3.63, 3.8) is 0 Å². The maximum absolute atomic E-state index is 13.7. The van der Waals surface area contributed by atoms with E-state index in [1.54, 1.807) is 12.1 Å². The van der Waals surface area contributed by atoms with E-state index in [0.717, 1.165) is 22.6 Å². The number of nitrogens with zero attached hydrogens (tertiary/aromatic N) is 4. The molecule has 178 valence electrons. The van der Waals surface area contributed by atoms with Gasteiger partial charge in [0.25, 0.3) is 0 Å². The minimum absolute atomic E-state index is 0.0164. The molecule has 0 bridgehead atoms. The highest BCUT2D eigenvalue weighted by atomic mass is 32.2. The van der Waals surface area contributed by atoms with Gasteiger partial charge in [0.1, 0.15) is 16.9 Å². The second kappa shape index (κ2) is 10.8. The fourth-order valence-electron chi connectivity index (χ4n) is 4.06. The molecule has 0 N–H and O–H groups in total. The third-order valence-electron chi connectivity index (χ3n) is 5.86. The Labute approximate surface area is 207 Å². The van der Waals surface area contributed by atoms with Crippen molar-refractivity contribution in [2.24, 2.45) is 0 Å². The van der Waals surface area contributed by atoms with E-state index in [1.165, 1.54) is 23.9 Å². The van der Waals surface area contributed by atoms with Crippen LogP contribution in [0.5, 0.6) is 0 Å². The second-order valence-electron chi connectivity index (χ2n) is 8.22. The lowest BCUT2D eigenvalue weighted by molar-refractivity contribution is -0.134. The van der Waals surface area contributed by atoms with Crippen LogP contribution in [0.4, 0.5) is 4.39 Å². The van der Waals surface area contributed by atoms with Gasteiger partial charge in [-0.2, -0.15) is 0 Å². The zero-order valence-corrected chi connectivity index (χ0v) is 19.9. The number of hydrogen-bond donors (Lipinski definition) is 0. The predicted molar refractivity (Wildman–Crippen MR) is 133 cm³/mol. The van der Waals surface area contributed by atoms with E-state index >= 15 is 0 Å². The Morgan fingerprint density at radius 2 is 1.57 bits per heavy atom. The molecule has 1 aliphatic heterocycles. The molecule has 1 aromatic heterocycles. The smallest absolute Gasteiger partial charge is 0.240 e. The van der Waals surface area contributed by atoms with Crippen LogP contribution in [0, 0.1) is 5.82 Å². The van der Waals surface area contributed by atoms with E-state index in [2.05, 4.69) is 10.2 Å². The summed E-state index contributed by atoms with van der Waals surface area (Å²) in [5.74, 6) is 0.420. The minimum atomic E-state index is -0.498. The van der Waals surface area contributed by atoms with Crippen LogP contribution in [0.1, 0.15) is 22.2 Å². The number of aromatic nitrogens is 3. The van der Waals surface area contributed by atoms with Crippen molar-refractivity contribution >= 4 is 17.7 Å². The predicted octanol–water partition coefficient (Wildman–Crippen LogP) is 4.69. The number of amides is 1. The SMILES string of the molecule is O=C([C@@H](Sc1nnc(Cc2ccccc2)n1-c1ccc(F)cc1)c1ccccc1)N1CCOCC1. The number of morpholine rings is 1. The highest BCUT2D eigenvalue weighted by Gasteiger charge is 2.30. The molecule has 1 saturated heterocycles. The van der Waals surface area contributed by atoms with Gasteiger partial charge in [0.15, 0.2) is 5.16 Å². The number of ether oxygens (including phenoxy) is 1. The zero-order valence-electron chi connectivity index (χ0n) is 19.1. The number of thioether (sulfide) groups is 1. The summed E-state index contributed by atoms with van der Waals surface area (Å²) in [4.78, 5) is 15.5. The summed E-state index contributed by atoms with van der Waals surface area (Å²) in [7, 11) is 0. The second-order valence-corrected chi connectivity index (χ2v) is 9.29. The van der Waals surface area contributed by atoms with Crippen LogP contribution in [0.2, 0.25) is 0 Å². The van der Waals surface area contributed by atoms with Crippen LogP contribution in [-0.4, -0.2) is 51.9 Å². The maximum atomic E-state index is 13.7. The number of carbonyl (C=O) groups is 1. The normalized spacial score (nSPS) is 14.6. The summed E-state index contributed by atoms with van der Waals surface area (Å²) in [6.45, 7) is 2.19. The molecule has 3 aromatic carbocycles. The van der Waals surface area contributed by atoms with Crippen molar-refractivity contribution < 1.29 is 13.9 Å². The summed E-state index contributed by atoms with van der Waals surface area (Å²) in [5.41, 5.74) is 2.73. The summed E-state index contributed by atoms with van der Waals surface area (Å²) >= 11 is 1.36. The van der Waals surface area contributed by atoms with Crippen LogP contribution >= 0.6 is 11.8 Å². The van der Waals surface area contributed by atoms with Gasteiger partial charge in [0, 0.05) is 25.2 Å². The Bertz CT molecular complexity index is 1260. The van der Waals surface area contributed by atoms with E-state index in [-0.39, 0.29) is 11.7 Å². The molecule has 5 rings (SSSR count). The van der Waals surface area contributed by atoms with Crippen LogP contribution in [0.15, 0.2) is 90.1 Å². The molecule has 1 fully saturated rings. The monoisotopic (exact) mass is 488 g/mol. The summed E-state index contributed by atoms with van der Waals surface area (Å²) in [5, 5.41) is 9.06. The van der Waals surface area contributed by atoms with Gasteiger partial charge in [0.2, 0.25) is 5.91 Å². The molecular formula is C27H25FN4O2S. The van der Waals surface area contributed by atoms with Gasteiger partial charge in [-0.15, -0.1) is 10.2 Å². The fraction of sp³-hybridized carbons (Fsp3) is 0.222. The molecule has 4 aromatic rings. The van der Waals surface area contributed by atoms with Gasteiger partial charge in [-0.1, -0.05) is 72.4 Å². The molecule has 0 radical (unpaired) electrons. The zero-order chi connectivity index (χ0) is 24.0. The first-order chi connectivity index (χ1) is 17.2. The first-order valence-corrected chi connectivity index (χ1v) is 12.4. The Morgan fingerprint density at radius 3 is 2.26 bits per heavy atom. The lowest BCUT2D eigenvalue weighted by Crippen LogP contribution is -2.42. The molecule has 1 atom stereocenters.